The Bertz CT molecular complexity index is 939. The lowest BCUT2D eigenvalue weighted by Gasteiger charge is -2.42. The molecule has 1 aliphatic heterocycles. The maximum absolute atomic E-state index is 6.99. The summed E-state index contributed by atoms with van der Waals surface area (Å²) in [7, 11) is 0. The van der Waals surface area contributed by atoms with Crippen LogP contribution in [0.2, 0.25) is 0 Å². The molecular formula is C23H29N4+. The number of rotatable bonds is 2. The largest absolute Gasteiger partial charge is 0.384 e. The molecule has 0 radical (unpaired) electrons. The molecule has 4 heteroatoms. The average molecular weight is 362 g/mol. The van der Waals surface area contributed by atoms with Gasteiger partial charge >= 0.3 is 0 Å². The molecule has 27 heavy (non-hydrogen) atoms. The molecule has 140 valence electrons. The number of fused-ring (bicyclic) bond motifs is 3. The van der Waals surface area contributed by atoms with Gasteiger partial charge in [-0.15, -0.1) is 0 Å². The van der Waals surface area contributed by atoms with E-state index < -0.39 is 11.0 Å². The maximum atomic E-state index is 6.99. The van der Waals surface area contributed by atoms with E-state index >= 15 is 0 Å². The maximum Gasteiger partial charge on any atom is 0.218 e. The Balaban J connectivity index is 2.30. The molecule has 1 aromatic heterocycles. The third-order valence-electron chi connectivity index (χ3n) is 6.19. The van der Waals surface area contributed by atoms with Crippen LogP contribution < -0.4 is 16.0 Å². The molecule has 0 aliphatic carbocycles. The van der Waals surface area contributed by atoms with E-state index in [1.165, 1.54) is 11.1 Å². The second-order valence-electron chi connectivity index (χ2n) is 7.78. The Morgan fingerprint density at radius 1 is 1.15 bits per heavy atom. The summed E-state index contributed by atoms with van der Waals surface area (Å²) in [5.41, 5.74) is 16.9. The Morgan fingerprint density at radius 3 is 2.52 bits per heavy atom. The lowest BCUT2D eigenvalue weighted by Crippen LogP contribution is -2.61. The molecule has 0 saturated heterocycles. The van der Waals surface area contributed by atoms with Crippen molar-refractivity contribution in [1.29, 1.82) is 0 Å². The Hall–Kier alpha value is -2.72. The molecule has 3 rings (SSSR count). The molecule has 0 spiro atoms. The fraction of sp³-hybridized carbons (Fsp3) is 0.304. The fourth-order valence-electron chi connectivity index (χ4n) is 3.99. The Morgan fingerprint density at radius 2 is 1.81 bits per heavy atom. The minimum Gasteiger partial charge on any atom is -0.384 e. The van der Waals surface area contributed by atoms with Crippen molar-refractivity contribution in [3.8, 4) is 11.3 Å². The van der Waals surface area contributed by atoms with Crippen LogP contribution in [0.5, 0.6) is 0 Å². The van der Waals surface area contributed by atoms with E-state index in [-0.39, 0.29) is 0 Å². The van der Waals surface area contributed by atoms with Gasteiger partial charge in [0, 0.05) is 28.8 Å². The number of aromatic nitrogens is 1. The van der Waals surface area contributed by atoms with E-state index in [4.69, 9.17) is 11.5 Å². The fourth-order valence-corrected chi connectivity index (χ4v) is 3.99. The summed E-state index contributed by atoms with van der Waals surface area (Å²) in [6.45, 7) is 14.3. The second-order valence-corrected chi connectivity index (χ2v) is 7.78. The zero-order chi connectivity index (χ0) is 19.8. The van der Waals surface area contributed by atoms with Crippen molar-refractivity contribution in [3.63, 3.8) is 0 Å². The van der Waals surface area contributed by atoms with Crippen LogP contribution in [-0.2, 0) is 6.42 Å². The first-order valence-corrected chi connectivity index (χ1v) is 9.26. The lowest BCUT2D eigenvalue weighted by atomic mass is 9.65. The van der Waals surface area contributed by atoms with E-state index in [1.54, 1.807) is 0 Å². The van der Waals surface area contributed by atoms with Crippen LogP contribution in [0.25, 0.3) is 17.0 Å². The molecule has 2 atom stereocenters. The van der Waals surface area contributed by atoms with E-state index in [9.17, 15) is 0 Å². The zero-order valence-electron chi connectivity index (χ0n) is 16.5. The highest BCUT2D eigenvalue weighted by Gasteiger charge is 2.51. The number of nitrogens with two attached hydrogens (primary N) is 2. The van der Waals surface area contributed by atoms with E-state index in [2.05, 4.69) is 60.0 Å². The van der Waals surface area contributed by atoms with E-state index in [0.29, 0.717) is 5.82 Å². The number of hydrogen-bond acceptors (Lipinski definition) is 3. The highest BCUT2D eigenvalue weighted by Crippen LogP contribution is 2.42. The number of aliphatic imine (C=N–C) groups is 1. The van der Waals surface area contributed by atoms with Crippen molar-refractivity contribution in [1.82, 2.24) is 0 Å². The second kappa shape index (κ2) is 6.78. The molecule has 0 fully saturated rings. The number of aryl methyl sites for hydroxylation is 1. The highest BCUT2D eigenvalue weighted by atomic mass is 15.0. The van der Waals surface area contributed by atoms with Gasteiger partial charge in [0.15, 0.2) is 6.20 Å². The third kappa shape index (κ3) is 3.10. The normalized spacial score (nSPS) is 25.6. The first kappa shape index (κ1) is 19.1. The van der Waals surface area contributed by atoms with Crippen LogP contribution in [0, 0.1) is 5.41 Å². The Labute approximate surface area is 161 Å². The third-order valence-corrected chi connectivity index (χ3v) is 6.19. The van der Waals surface area contributed by atoms with Crippen molar-refractivity contribution in [2.45, 2.75) is 39.2 Å². The predicted molar refractivity (Wildman–Crippen MR) is 113 cm³/mol. The van der Waals surface area contributed by atoms with Crippen LogP contribution in [0.3, 0.4) is 0 Å². The van der Waals surface area contributed by atoms with Crippen molar-refractivity contribution < 1.29 is 4.57 Å². The summed E-state index contributed by atoms with van der Waals surface area (Å²) < 4.78 is 2.10. The lowest BCUT2D eigenvalue weighted by molar-refractivity contribution is -0.575. The first-order valence-electron chi connectivity index (χ1n) is 9.26. The average Bonchev–Trinajstić information content (AvgIpc) is 2.66. The molecule has 2 aromatic rings. The number of nitrogens with zero attached hydrogens (tertiary/aromatic N) is 2. The SMILES string of the molecule is C=C(N)N=C(C)C1(C)CCc2ccccc2-c2cccc[n+]2C(=C)C1(C)N. The molecule has 4 N–H and O–H groups in total. The summed E-state index contributed by atoms with van der Waals surface area (Å²) in [6, 6.07) is 14.7. The summed E-state index contributed by atoms with van der Waals surface area (Å²) in [5.74, 6) is 0.295. The van der Waals surface area contributed by atoms with E-state index in [1.807, 2.05) is 32.2 Å². The van der Waals surface area contributed by atoms with E-state index in [0.717, 1.165) is 29.9 Å². The van der Waals surface area contributed by atoms with Gasteiger partial charge in [-0.1, -0.05) is 31.7 Å². The molecule has 0 amide bonds. The van der Waals surface area contributed by atoms with Gasteiger partial charge in [-0.2, -0.15) is 4.57 Å². The van der Waals surface area contributed by atoms with Crippen LogP contribution in [0.15, 0.2) is 72.6 Å². The molecule has 0 bridgehead atoms. The van der Waals surface area contributed by atoms with Crippen LogP contribution in [0.1, 0.15) is 32.8 Å². The predicted octanol–water partition coefficient (Wildman–Crippen LogP) is 3.67. The molecule has 0 saturated carbocycles. The van der Waals surface area contributed by atoms with Crippen LogP contribution in [-0.4, -0.2) is 11.3 Å². The van der Waals surface area contributed by atoms with Gasteiger partial charge in [-0.05, 0) is 51.0 Å². The van der Waals surface area contributed by atoms with Gasteiger partial charge in [0.25, 0.3) is 0 Å². The topological polar surface area (TPSA) is 68.3 Å². The standard InChI is InChI=1S/C23H29N4/c1-16(26-18(3)24)22(4)14-13-19-10-6-7-11-20(19)21-12-8-9-15-27(21)17(2)23(22,5)25/h6-12,15H,2-3,13-14,24-25H2,1,4-5H3/q+1. The number of benzene rings is 1. The van der Waals surface area contributed by atoms with Crippen LogP contribution in [0.4, 0.5) is 0 Å². The smallest absolute Gasteiger partial charge is 0.218 e. The molecule has 1 aromatic carbocycles. The quantitative estimate of drug-likeness (QED) is 0.633. The summed E-state index contributed by atoms with van der Waals surface area (Å²) in [6.07, 6.45) is 3.73. The van der Waals surface area contributed by atoms with Gasteiger partial charge < -0.3 is 11.5 Å². The van der Waals surface area contributed by atoms with Crippen LogP contribution >= 0.6 is 0 Å². The molecule has 2 heterocycles. The van der Waals surface area contributed by atoms with Gasteiger partial charge in [0.1, 0.15) is 11.4 Å². The number of pyridine rings is 1. The summed E-state index contributed by atoms with van der Waals surface area (Å²) in [4.78, 5) is 4.49. The van der Waals surface area contributed by atoms with Crippen molar-refractivity contribution >= 4 is 11.4 Å². The van der Waals surface area contributed by atoms with Gasteiger partial charge in [0.2, 0.25) is 11.4 Å². The monoisotopic (exact) mass is 361 g/mol. The van der Waals surface area contributed by atoms with Gasteiger partial charge in [-0.25, -0.2) is 4.99 Å². The Kier molecular flexibility index (Phi) is 4.79. The number of hydrogen-bond donors (Lipinski definition) is 2. The first-order chi connectivity index (χ1) is 12.7. The van der Waals surface area contributed by atoms with Gasteiger partial charge in [0.05, 0.1) is 0 Å². The summed E-state index contributed by atoms with van der Waals surface area (Å²) >= 11 is 0. The van der Waals surface area contributed by atoms with Crippen molar-refractivity contribution in [3.05, 3.63) is 73.2 Å². The molecular weight excluding hydrogens is 332 g/mol. The summed E-state index contributed by atoms with van der Waals surface area (Å²) in [5, 5.41) is 0. The molecule has 4 nitrogen and oxygen atoms in total. The molecule has 1 aliphatic rings. The molecule has 2 unspecified atom stereocenters. The highest BCUT2D eigenvalue weighted by molar-refractivity contribution is 5.91. The van der Waals surface area contributed by atoms with Gasteiger partial charge in [-0.3, -0.25) is 0 Å². The van der Waals surface area contributed by atoms with Crippen molar-refractivity contribution in [2.24, 2.45) is 21.9 Å². The minimum absolute atomic E-state index is 0.295. The van der Waals surface area contributed by atoms with Crippen molar-refractivity contribution in [2.75, 3.05) is 0 Å². The minimum atomic E-state index is -0.737. The zero-order valence-corrected chi connectivity index (χ0v) is 16.5.